The number of aromatic nitrogens is 1. The Hall–Kier alpha value is -2.87. The maximum atomic E-state index is 13.7. The first-order chi connectivity index (χ1) is 12.4. The lowest BCUT2D eigenvalue weighted by molar-refractivity contribution is 0.102. The van der Waals surface area contributed by atoms with Crippen LogP contribution >= 0.6 is 11.3 Å². The van der Waals surface area contributed by atoms with Crippen molar-refractivity contribution in [2.45, 2.75) is 6.92 Å². The highest BCUT2D eigenvalue weighted by Crippen LogP contribution is 2.31. The number of thiazole rings is 1. The van der Waals surface area contributed by atoms with Gasteiger partial charge in [0.25, 0.3) is 5.91 Å². The molecule has 0 saturated heterocycles. The van der Waals surface area contributed by atoms with E-state index >= 15 is 0 Å². The molecule has 0 unspecified atom stereocenters. The van der Waals surface area contributed by atoms with Gasteiger partial charge in [-0.3, -0.25) is 10.1 Å². The van der Waals surface area contributed by atoms with E-state index in [1.165, 1.54) is 11.3 Å². The Bertz CT molecular complexity index is 971. The normalized spacial score (nSPS) is 10.7. The van der Waals surface area contributed by atoms with Crippen molar-refractivity contribution >= 4 is 22.4 Å². The van der Waals surface area contributed by atoms with Gasteiger partial charge in [-0.05, 0) is 43.3 Å². The second kappa shape index (κ2) is 7.17. The fraction of sp³-hybridized carbons (Fsp3) is 0.111. The lowest BCUT2D eigenvalue weighted by Crippen LogP contribution is -2.15. The van der Waals surface area contributed by atoms with E-state index in [2.05, 4.69) is 10.3 Å². The molecular weight excluding hydrogens is 365 g/mol. The number of benzene rings is 2. The SMILES string of the molecule is COc1ccc(-c2nc(NC(=O)c3ccc(F)c(F)c3F)sc2C)cc1. The monoisotopic (exact) mass is 378 g/mol. The van der Waals surface area contributed by atoms with Crippen molar-refractivity contribution < 1.29 is 22.7 Å². The maximum Gasteiger partial charge on any atom is 0.260 e. The summed E-state index contributed by atoms with van der Waals surface area (Å²) in [5, 5.41) is 2.64. The Labute approximate surface area is 151 Å². The van der Waals surface area contributed by atoms with Gasteiger partial charge in [0, 0.05) is 10.4 Å². The number of aryl methyl sites for hydroxylation is 1. The molecule has 1 amide bonds. The standard InChI is InChI=1S/C18H13F3N2O2S/c1-9-16(10-3-5-11(25-2)6-4-10)22-18(26-9)23-17(24)12-7-8-13(19)15(21)14(12)20/h3-8H,1-2H3,(H,22,23,24). The summed E-state index contributed by atoms with van der Waals surface area (Å²) in [6, 6.07) is 8.78. The van der Waals surface area contributed by atoms with Crippen LogP contribution < -0.4 is 10.1 Å². The zero-order valence-electron chi connectivity index (χ0n) is 13.8. The molecule has 3 aromatic rings. The van der Waals surface area contributed by atoms with E-state index < -0.39 is 28.9 Å². The summed E-state index contributed by atoms with van der Waals surface area (Å²) in [5.41, 5.74) is 0.875. The van der Waals surface area contributed by atoms with Gasteiger partial charge in [0.05, 0.1) is 18.4 Å². The second-order valence-corrected chi connectivity index (χ2v) is 6.53. The number of rotatable bonds is 4. The average molecular weight is 378 g/mol. The predicted molar refractivity (Wildman–Crippen MR) is 93.1 cm³/mol. The summed E-state index contributed by atoms with van der Waals surface area (Å²) in [7, 11) is 1.56. The Morgan fingerprint density at radius 2 is 1.77 bits per heavy atom. The summed E-state index contributed by atoms with van der Waals surface area (Å²) < 4.78 is 45.1. The van der Waals surface area contributed by atoms with Crippen LogP contribution in [0.5, 0.6) is 5.75 Å². The van der Waals surface area contributed by atoms with E-state index in [1.54, 1.807) is 19.2 Å². The van der Waals surface area contributed by atoms with Crippen molar-refractivity contribution in [1.82, 2.24) is 4.98 Å². The third-order valence-electron chi connectivity index (χ3n) is 3.66. The lowest BCUT2D eigenvalue weighted by Gasteiger charge is -2.04. The number of nitrogens with one attached hydrogen (secondary N) is 1. The Balaban J connectivity index is 1.85. The average Bonchev–Trinajstić information content (AvgIpc) is 3.00. The second-order valence-electron chi connectivity index (χ2n) is 5.33. The van der Waals surface area contributed by atoms with Crippen molar-refractivity contribution in [3.05, 3.63) is 64.3 Å². The number of methoxy groups -OCH3 is 1. The Morgan fingerprint density at radius 1 is 1.08 bits per heavy atom. The molecule has 1 N–H and O–H groups in total. The third-order valence-corrected chi connectivity index (χ3v) is 4.55. The van der Waals surface area contributed by atoms with Crippen LogP contribution in [-0.4, -0.2) is 18.0 Å². The zero-order valence-corrected chi connectivity index (χ0v) is 14.6. The van der Waals surface area contributed by atoms with Crippen molar-refractivity contribution in [3.63, 3.8) is 0 Å². The first kappa shape index (κ1) is 17.9. The van der Waals surface area contributed by atoms with Gasteiger partial charge in [-0.1, -0.05) is 0 Å². The molecule has 1 aromatic heterocycles. The first-order valence-corrected chi connectivity index (χ1v) is 8.29. The number of amides is 1. The minimum Gasteiger partial charge on any atom is -0.497 e. The van der Waals surface area contributed by atoms with Gasteiger partial charge in [0.1, 0.15) is 5.75 Å². The molecule has 0 bridgehead atoms. The van der Waals surface area contributed by atoms with E-state index in [0.717, 1.165) is 16.5 Å². The van der Waals surface area contributed by atoms with Crippen LogP contribution in [0.15, 0.2) is 36.4 Å². The molecule has 26 heavy (non-hydrogen) atoms. The highest BCUT2D eigenvalue weighted by Gasteiger charge is 2.20. The highest BCUT2D eigenvalue weighted by molar-refractivity contribution is 7.16. The highest BCUT2D eigenvalue weighted by atomic mass is 32.1. The third kappa shape index (κ3) is 3.41. The number of nitrogens with zero attached hydrogens (tertiary/aromatic N) is 1. The fourth-order valence-electron chi connectivity index (χ4n) is 2.33. The summed E-state index contributed by atoms with van der Waals surface area (Å²) in [5.74, 6) is -4.79. The first-order valence-electron chi connectivity index (χ1n) is 7.47. The molecule has 0 saturated carbocycles. The molecule has 0 fully saturated rings. The lowest BCUT2D eigenvalue weighted by atomic mass is 10.1. The molecule has 0 spiro atoms. The molecule has 0 radical (unpaired) electrons. The topological polar surface area (TPSA) is 51.2 Å². The van der Waals surface area contributed by atoms with Crippen molar-refractivity contribution in [2.24, 2.45) is 0 Å². The van der Waals surface area contributed by atoms with Gasteiger partial charge in [-0.2, -0.15) is 0 Å². The van der Waals surface area contributed by atoms with Crippen molar-refractivity contribution in [2.75, 3.05) is 12.4 Å². The van der Waals surface area contributed by atoms with Gasteiger partial charge < -0.3 is 4.74 Å². The van der Waals surface area contributed by atoms with Crippen molar-refractivity contribution in [3.8, 4) is 17.0 Å². The molecule has 134 valence electrons. The van der Waals surface area contributed by atoms with Crippen LogP contribution in [-0.2, 0) is 0 Å². The van der Waals surface area contributed by atoms with Crippen LogP contribution in [0.2, 0.25) is 0 Å². The van der Waals surface area contributed by atoms with E-state index in [9.17, 15) is 18.0 Å². The molecule has 2 aromatic carbocycles. The molecule has 1 heterocycles. The van der Waals surface area contributed by atoms with Crippen molar-refractivity contribution in [1.29, 1.82) is 0 Å². The fourth-order valence-corrected chi connectivity index (χ4v) is 3.16. The van der Waals surface area contributed by atoms with Gasteiger partial charge in [-0.15, -0.1) is 11.3 Å². The molecule has 4 nitrogen and oxygen atoms in total. The van der Waals surface area contributed by atoms with Crippen LogP contribution in [0.3, 0.4) is 0 Å². The zero-order chi connectivity index (χ0) is 18.8. The molecular formula is C18H13F3N2O2S. The van der Waals surface area contributed by atoms with Crippen LogP contribution in [0, 0.1) is 24.4 Å². The number of anilines is 1. The van der Waals surface area contributed by atoms with E-state index in [-0.39, 0.29) is 5.13 Å². The number of carbonyl (C=O) groups excluding carboxylic acids is 1. The number of hydrogen-bond acceptors (Lipinski definition) is 4. The number of carbonyl (C=O) groups is 1. The minimum absolute atomic E-state index is 0.224. The molecule has 8 heteroatoms. The summed E-state index contributed by atoms with van der Waals surface area (Å²) in [6.45, 7) is 1.82. The van der Waals surface area contributed by atoms with E-state index in [0.29, 0.717) is 17.5 Å². The van der Waals surface area contributed by atoms with E-state index in [1.807, 2.05) is 19.1 Å². The van der Waals surface area contributed by atoms with Gasteiger partial charge >= 0.3 is 0 Å². The number of halogens is 3. The number of ether oxygens (including phenoxy) is 1. The molecule has 0 aliphatic rings. The molecule has 0 aliphatic carbocycles. The van der Waals surface area contributed by atoms with Crippen LogP contribution in [0.4, 0.5) is 18.3 Å². The van der Waals surface area contributed by atoms with Gasteiger partial charge in [-0.25, -0.2) is 18.2 Å². The Kier molecular flexibility index (Phi) is 4.94. The summed E-state index contributed by atoms with van der Waals surface area (Å²) in [6.07, 6.45) is 0. The predicted octanol–water partition coefficient (Wildman–Crippen LogP) is 4.80. The minimum atomic E-state index is -1.69. The molecule has 0 aliphatic heterocycles. The van der Waals surface area contributed by atoms with E-state index in [4.69, 9.17) is 4.74 Å². The number of hydrogen-bond donors (Lipinski definition) is 1. The van der Waals surface area contributed by atoms with Gasteiger partial charge in [0.15, 0.2) is 22.6 Å². The maximum absolute atomic E-state index is 13.7. The van der Waals surface area contributed by atoms with Gasteiger partial charge in [0.2, 0.25) is 0 Å². The molecule has 0 atom stereocenters. The summed E-state index contributed by atoms with van der Waals surface area (Å²) >= 11 is 1.19. The van der Waals surface area contributed by atoms with Crippen LogP contribution in [0.25, 0.3) is 11.3 Å². The summed E-state index contributed by atoms with van der Waals surface area (Å²) in [4.78, 5) is 17.3. The molecule has 3 rings (SSSR count). The van der Waals surface area contributed by atoms with Crippen LogP contribution in [0.1, 0.15) is 15.2 Å². The quantitative estimate of drug-likeness (QED) is 0.664. The largest absolute Gasteiger partial charge is 0.497 e. The Morgan fingerprint density at radius 3 is 2.42 bits per heavy atom. The smallest absolute Gasteiger partial charge is 0.260 e.